The molecule has 4 nitrogen and oxygen atoms in total. The summed E-state index contributed by atoms with van der Waals surface area (Å²) in [4.78, 5) is 14.2. The number of benzene rings is 1. The average Bonchev–Trinajstić information content (AvgIpc) is 2.33. The number of hydrogen-bond donors (Lipinski definition) is 2. The molecule has 0 bridgehead atoms. The summed E-state index contributed by atoms with van der Waals surface area (Å²) in [6, 6.07) is 7.39. The number of carbonyl (C=O) groups is 1. The SMILES string of the molecule is CC(C)CC(CNC(=O)c1cccc(N)c1)N(C)C. The van der Waals surface area contributed by atoms with E-state index in [9.17, 15) is 4.79 Å². The van der Waals surface area contributed by atoms with Crippen molar-refractivity contribution in [1.29, 1.82) is 0 Å². The monoisotopic (exact) mass is 263 g/mol. The van der Waals surface area contributed by atoms with Crippen molar-refractivity contribution in [2.24, 2.45) is 5.92 Å². The standard InChI is InChI=1S/C15H25N3O/c1-11(2)8-14(18(3)4)10-17-15(19)12-6-5-7-13(16)9-12/h5-7,9,11,14H,8,10,16H2,1-4H3,(H,17,19). The predicted molar refractivity (Wildman–Crippen MR) is 80.1 cm³/mol. The number of nitrogen functional groups attached to an aromatic ring is 1. The van der Waals surface area contributed by atoms with Crippen LogP contribution in [0.25, 0.3) is 0 Å². The zero-order valence-corrected chi connectivity index (χ0v) is 12.3. The van der Waals surface area contributed by atoms with Crippen LogP contribution < -0.4 is 11.1 Å². The summed E-state index contributed by atoms with van der Waals surface area (Å²) in [5.41, 5.74) is 6.90. The van der Waals surface area contributed by atoms with Crippen molar-refractivity contribution in [1.82, 2.24) is 10.2 Å². The molecule has 0 aromatic heterocycles. The van der Waals surface area contributed by atoms with Crippen LogP contribution in [0.2, 0.25) is 0 Å². The van der Waals surface area contributed by atoms with Gasteiger partial charge in [-0.15, -0.1) is 0 Å². The van der Waals surface area contributed by atoms with E-state index in [0.29, 0.717) is 29.8 Å². The van der Waals surface area contributed by atoms with Crippen molar-refractivity contribution >= 4 is 11.6 Å². The molecule has 1 aromatic carbocycles. The number of nitrogens with zero attached hydrogens (tertiary/aromatic N) is 1. The maximum absolute atomic E-state index is 12.0. The minimum absolute atomic E-state index is 0.0668. The molecule has 0 saturated heterocycles. The van der Waals surface area contributed by atoms with Crippen molar-refractivity contribution in [3.05, 3.63) is 29.8 Å². The highest BCUT2D eigenvalue weighted by Gasteiger charge is 2.15. The summed E-state index contributed by atoms with van der Waals surface area (Å²) in [6.07, 6.45) is 1.06. The molecule has 0 fully saturated rings. The van der Waals surface area contributed by atoms with Crippen LogP contribution in [0.3, 0.4) is 0 Å². The number of nitrogens with one attached hydrogen (secondary N) is 1. The highest BCUT2D eigenvalue weighted by molar-refractivity contribution is 5.94. The van der Waals surface area contributed by atoms with Gasteiger partial charge in [-0.2, -0.15) is 0 Å². The lowest BCUT2D eigenvalue weighted by Gasteiger charge is -2.26. The normalized spacial score (nSPS) is 12.7. The van der Waals surface area contributed by atoms with E-state index in [4.69, 9.17) is 5.73 Å². The van der Waals surface area contributed by atoms with Gasteiger partial charge in [-0.25, -0.2) is 0 Å². The van der Waals surface area contributed by atoms with Crippen LogP contribution in [0.5, 0.6) is 0 Å². The molecule has 0 aliphatic carbocycles. The minimum Gasteiger partial charge on any atom is -0.399 e. The molecule has 4 heteroatoms. The van der Waals surface area contributed by atoms with Crippen molar-refractivity contribution < 1.29 is 4.79 Å². The first-order valence-corrected chi connectivity index (χ1v) is 6.70. The first-order valence-electron chi connectivity index (χ1n) is 6.70. The number of carbonyl (C=O) groups excluding carboxylic acids is 1. The molecule has 3 N–H and O–H groups in total. The molecule has 0 spiro atoms. The smallest absolute Gasteiger partial charge is 0.251 e. The Hall–Kier alpha value is -1.55. The Labute approximate surface area is 116 Å². The molecule has 0 aliphatic heterocycles. The molecule has 1 rings (SSSR count). The Morgan fingerprint density at radius 2 is 2.05 bits per heavy atom. The molecule has 0 heterocycles. The quantitative estimate of drug-likeness (QED) is 0.772. The molecule has 1 atom stereocenters. The van der Waals surface area contributed by atoms with Gasteiger partial charge in [0.25, 0.3) is 5.91 Å². The lowest BCUT2D eigenvalue weighted by molar-refractivity contribution is 0.0938. The van der Waals surface area contributed by atoms with Crippen molar-refractivity contribution in [3.63, 3.8) is 0 Å². The lowest BCUT2D eigenvalue weighted by atomic mass is 10.0. The maximum Gasteiger partial charge on any atom is 0.251 e. The summed E-state index contributed by atoms with van der Waals surface area (Å²) in [5, 5.41) is 2.98. The van der Waals surface area contributed by atoms with Crippen LogP contribution >= 0.6 is 0 Å². The number of likely N-dealkylation sites (N-methyl/N-ethyl adjacent to an activating group) is 1. The number of rotatable bonds is 6. The fourth-order valence-corrected chi connectivity index (χ4v) is 2.01. The third kappa shape index (κ3) is 5.30. The Kier molecular flexibility index (Phi) is 5.83. The molecule has 1 aromatic rings. The van der Waals surface area contributed by atoms with E-state index >= 15 is 0 Å². The highest BCUT2D eigenvalue weighted by atomic mass is 16.1. The molecule has 1 amide bonds. The van der Waals surface area contributed by atoms with Gasteiger partial charge in [0.05, 0.1) is 0 Å². The zero-order valence-electron chi connectivity index (χ0n) is 12.3. The van der Waals surface area contributed by atoms with Crippen LogP contribution in [-0.2, 0) is 0 Å². The second-order valence-electron chi connectivity index (χ2n) is 5.58. The number of amides is 1. The number of anilines is 1. The van der Waals surface area contributed by atoms with Gasteiger partial charge in [-0.3, -0.25) is 4.79 Å². The van der Waals surface area contributed by atoms with Crippen LogP contribution in [0.1, 0.15) is 30.6 Å². The van der Waals surface area contributed by atoms with Crippen molar-refractivity contribution in [2.45, 2.75) is 26.3 Å². The number of nitrogens with two attached hydrogens (primary N) is 1. The topological polar surface area (TPSA) is 58.4 Å². The van der Waals surface area contributed by atoms with E-state index in [1.807, 2.05) is 14.1 Å². The van der Waals surface area contributed by atoms with E-state index in [0.717, 1.165) is 6.42 Å². The highest BCUT2D eigenvalue weighted by Crippen LogP contribution is 2.09. The Morgan fingerprint density at radius 3 is 2.58 bits per heavy atom. The molecule has 0 radical (unpaired) electrons. The van der Waals surface area contributed by atoms with E-state index in [1.165, 1.54) is 0 Å². The van der Waals surface area contributed by atoms with Crippen LogP contribution in [0, 0.1) is 5.92 Å². The Balaban J connectivity index is 2.57. The molecule has 1 unspecified atom stereocenters. The Bertz CT molecular complexity index is 416. The zero-order chi connectivity index (χ0) is 14.4. The van der Waals surface area contributed by atoms with Crippen LogP contribution in [-0.4, -0.2) is 37.5 Å². The van der Waals surface area contributed by atoms with Gasteiger partial charge >= 0.3 is 0 Å². The Morgan fingerprint density at radius 1 is 1.37 bits per heavy atom. The molecule has 0 aliphatic rings. The van der Waals surface area contributed by atoms with Crippen LogP contribution in [0.15, 0.2) is 24.3 Å². The summed E-state index contributed by atoms with van der Waals surface area (Å²) in [6.45, 7) is 5.03. The van der Waals surface area contributed by atoms with Gasteiger partial charge in [-0.05, 0) is 44.6 Å². The van der Waals surface area contributed by atoms with Crippen molar-refractivity contribution in [2.75, 3.05) is 26.4 Å². The third-order valence-electron chi connectivity index (χ3n) is 3.12. The maximum atomic E-state index is 12.0. The average molecular weight is 263 g/mol. The third-order valence-corrected chi connectivity index (χ3v) is 3.12. The van der Waals surface area contributed by atoms with Crippen LogP contribution in [0.4, 0.5) is 5.69 Å². The fourth-order valence-electron chi connectivity index (χ4n) is 2.01. The largest absolute Gasteiger partial charge is 0.399 e. The van der Waals surface area contributed by atoms with Gasteiger partial charge in [0.15, 0.2) is 0 Å². The second-order valence-corrected chi connectivity index (χ2v) is 5.58. The predicted octanol–water partition coefficient (Wildman–Crippen LogP) is 1.97. The van der Waals surface area contributed by atoms with E-state index < -0.39 is 0 Å². The first kappa shape index (κ1) is 15.5. The van der Waals surface area contributed by atoms with Crippen molar-refractivity contribution in [3.8, 4) is 0 Å². The molecule has 106 valence electrons. The van der Waals surface area contributed by atoms with E-state index in [-0.39, 0.29) is 5.91 Å². The molecular weight excluding hydrogens is 238 g/mol. The lowest BCUT2D eigenvalue weighted by Crippen LogP contribution is -2.41. The fraction of sp³-hybridized carbons (Fsp3) is 0.533. The molecular formula is C15H25N3O. The van der Waals surface area contributed by atoms with E-state index in [1.54, 1.807) is 24.3 Å². The number of hydrogen-bond acceptors (Lipinski definition) is 3. The van der Waals surface area contributed by atoms with Gasteiger partial charge in [0.1, 0.15) is 0 Å². The van der Waals surface area contributed by atoms with Gasteiger partial charge < -0.3 is 16.0 Å². The summed E-state index contributed by atoms with van der Waals surface area (Å²) < 4.78 is 0. The summed E-state index contributed by atoms with van der Waals surface area (Å²) in [7, 11) is 4.08. The summed E-state index contributed by atoms with van der Waals surface area (Å²) >= 11 is 0. The first-order chi connectivity index (χ1) is 8.90. The van der Waals surface area contributed by atoms with Gasteiger partial charge in [0, 0.05) is 23.8 Å². The molecule has 19 heavy (non-hydrogen) atoms. The van der Waals surface area contributed by atoms with Gasteiger partial charge in [0.2, 0.25) is 0 Å². The second kappa shape index (κ2) is 7.14. The van der Waals surface area contributed by atoms with E-state index in [2.05, 4.69) is 24.1 Å². The van der Waals surface area contributed by atoms with Gasteiger partial charge in [-0.1, -0.05) is 19.9 Å². The molecule has 0 saturated carbocycles. The summed E-state index contributed by atoms with van der Waals surface area (Å²) in [5.74, 6) is 0.541. The minimum atomic E-state index is -0.0668.